The van der Waals surface area contributed by atoms with Crippen LogP contribution in [0.3, 0.4) is 0 Å². The SMILES string of the molecule is Cc1cccc(C(CN)C(=O)N2CCC(c3nc4ccccc4[nH]3)CC2)c1. The molecule has 1 aromatic heterocycles. The summed E-state index contributed by atoms with van der Waals surface area (Å²) in [6, 6.07) is 16.2. The Morgan fingerprint density at radius 1 is 1.22 bits per heavy atom. The van der Waals surface area contributed by atoms with E-state index in [1.54, 1.807) is 0 Å². The van der Waals surface area contributed by atoms with Gasteiger partial charge < -0.3 is 15.6 Å². The highest BCUT2D eigenvalue weighted by Crippen LogP contribution is 2.29. The Morgan fingerprint density at radius 3 is 2.70 bits per heavy atom. The Balaban J connectivity index is 1.44. The normalized spacial score (nSPS) is 16.6. The maximum Gasteiger partial charge on any atom is 0.231 e. The number of benzene rings is 2. The van der Waals surface area contributed by atoms with Crippen molar-refractivity contribution in [3.63, 3.8) is 0 Å². The molecule has 0 saturated carbocycles. The van der Waals surface area contributed by atoms with Crippen LogP contribution in [0, 0.1) is 6.92 Å². The van der Waals surface area contributed by atoms with Gasteiger partial charge in [0.15, 0.2) is 0 Å². The lowest BCUT2D eigenvalue weighted by Gasteiger charge is -2.33. The first-order chi connectivity index (χ1) is 13.2. The predicted molar refractivity (Wildman–Crippen MR) is 108 cm³/mol. The molecule has 1 amide bonds. The molecular weight excluding hydrogens is 336 g/mol. The van der Waals surface area contributed by atoms with E-state index in [-0.39, 0.29) is 11.8 Å². The van der Waals surface area contributed by atoms with E-state index in [4.69, 9.17) is 10.7 Å². The molecule has 4 rings (SSSR count). The summed E-state index contributed by atoms with van der Waals surface area (Å²) < 4.78 is 0. The van der Waals surface area contributed by atoms with Crippen LogP contribution in [0.5, 0.6) is 0 Å². The van der Waals surface area contributed by atoms with Crippen LogP contribution in [0.1, 0.15) is 41.6 Å². The Bertz CT molecular complexity index is 907. The van der Waals surface area contributed by atoms with Gasteiger partial charge in [0.25, 0.3) is 0 Å². The summed E-state index contributed by atoms with van der Waals surface area (Å²) in [4.78, 5) is 23.2. The highest BCUT2D eigenvalue weighted by Gasteiger charge is 2.30. The van der Waals surface area contributed by atoms with Crippen LogP contribution < -0.4 is 5.73 Å². The van der Waals surface area contributed by atoms with Gasteiger partial charge >= 0.3 is 0 Å². The molecule has 2 aromatic carbocycles. The lowest BCUT2D eigenvalue weighted by Crippen LogP contribution is -2.42. The number of amides is 1. The third-order valence-corrected chi connectivity index (χ3v) is 5.58. The lowest BCUT2D eigenvalue weighted by molar-refractivity contribution is -0.133. The van der Waals surface area contributed by atoms with Gasteiger partial charge in [-0.25, -0.2) is 4.98 Å². The monoisotopic (exact) mass is 362 g/mol. The Hall–Kier alpha value is -2.66. The van der Waals surface area contributed by atoms with Crippen LogP contribution in [0.25, 0.3) is 11.0 Å². The quantitative estimate of drug-likeness (QED) is 0.748. The fourth-order valence-electron chi connectivity index (χ4n) is 4.03. The number of rotatable bonds is 4. The van der Waals surface area contributed by atoms with E-state index in [2.05, 4.69) is 17.1 Å². The number of nitrogens with one attached hydrogen (secondary N) is 1. The van der Waals surface area contributed by atoms with E-state index < -0.39 is 0 Å². The fourth-order valence-corrected chi connectivity index (χ4v) is 4.03. The number of carbonyl (C=O) groups is 1. The van der Waals surface area contributed by atoms with E-state index >= 15 is 0 Å². The van der Waals surface area contributed by atoms with Gasteiger partial charge in [-0.15, -0.1) is 0 Å². The topological polar surface area (TPSA) is 75.0 Å². The zero-order valence-electron chi connectivity index (χ0n) is 15.7. The number of nitrogens with zero attached hydrogens (tertiary/aromatic N) is 2. The largest absolute Gasteiger partial charge is 0.342 e. The Kier molecular flexibility index (Phi) is 4.94. The van der Waals surface area contributed by atoms with Gasteiger partial charge in [-0.3, -0.25) is 4.79 Å². The molecule has 1 saturated heterocycles. The molecule has 2 heterocycles. The molecule has 0 aliphatic carbocycles. The summed E-state index contributed by atoms with van der Waals surface area (Å²) in [7, 11) is 0. The average molecular weight is 362 g/mol. The zero-order valence-corrected chi connectivity index (χ0v) is 15.7. The number of imidazole rings is 1. The van der Waals surface area contributed by atoms with Crippen LogP contribution in [0.15, 0.2) is 48.5 Å². The molecular formula is C22H26N4O. The van der Waals surface area contributed by atoms with Crippen molar-refractivity contribution in [3.8, 4) is 0 Å². The predicted octanol–water partition coefficient (Wildman–Crippen LogP) is 3.32. The second-order valence-electron chi connectivity index (χ2n) is 7.44. The molecule has 0 radical (unpaired) electrons. The number of nitrogens with two attached hydrogens (primary N) is 1. The highest BCUT2D eigenvalue weighted by atomic mass is 16.2. The molecule has 5 heteroatoms. The molecule has 1 atom stereocenters. The first-order valence-electron chi connectivity index (χ1n) is 9.66. The van der Waals surface area contributed by atoms with Crippen molar-refractivity contribution in [2.24, 2.45) is 5.73 Å². The van der Waals surface area contributed by atoms with Gasteiger partial charge in [0.2, 0.25) is 5.91 Å². The number of hydrogen-bond donors (Lipinski definition) is 2. The van der Waals surface area contributed by atoms with Crippen molar-refractivity contribution in [2.45, 2.75) is 31.6 Å². The number of aromatic amines is 1. The molecule has 27 heavy (non-hydrogen) atoms. The number of H-pyrrole nitrogens is 1. The van der Waals surface area contributed by atoms with Crippen LogP contribution in [0.4, 0.5) is 0 Å². The lowest BCUT2D eigenvalue weighted by atomic mass is 9.92. The van der Waals surface area contributed by atoms with E-state index in [1.165, 1.54) is 0 Å². The Labute approximate surface area is 159 Å². The first-order valence-corrected chi connectivity index (χ1v) is 9.66. The van der Waals surface area contributed by atoms with Gasteiger partial charge in [-0.05, 0) is 37.5 Å². The molecule has 140 valence electrons. The summed E-state index contributed by atoms with van der Waals surface area (Å²) in [5.41, 5.74) is 10.2. The molecule has 1 aliphatic rings. The maximum atomic E-state index is 13.0. The number of likely N-dealkylation sites (tertiary alicyclic amines) is 1. The number of hydrogen-bond acceptors (Lipinski definition) is 3. The number of piperidine rings is 1. The summed E-state index contributed by atoms with van der Waals surface area (Å²) in [5, 5.41) is 0. The number of aryl methyl sites for hydroxylation is 1. The van der Waals surface area contributed by atoms with Gasteiger partial charge in [-0.1, -0.05) is 42.0 Å². The minimum Gasteiger partial charge on any atom is -0.342 e. The first kappa shape index (κ1) is 17.7. The zero-order chi connectivity index (χ0) is 18.8. The fraction of sp³-hybridized carbons (Fsp3) is 0.364. The van der Waals surface area contributed by atoms with E-state index in [1.807, 2.05) is 48.2 Å². The number of aromatic nitrogens is 2. The van der Waals surface area contributed by atoms with Gasteiger partial charge in [-0.2, -0.15) is 0 Å². The number of carbonyl (C=O) groups excluding carboxylic acids is 1. The Morgan fingerprint density at radius 2 is 2.00 bits per heavy atom. The van der Waals surface area contributed by atoms with Crippen molar-refractivity contribution < 1.29 is 4.79 Å². The van der Waals surface area contributed by atoms with Crippen LogP contribution in [0.2, 0.25) is 0 Å². The van der Waals surface area contributed by atoms with Crippen LogP contribution in [-0.4, -0.2) is 40.4 Å². The summed E-state index contributed by atoms with van der Waals surface area (Å²) in [5.74, 6) is 1.30. The van der Waals surface area contributed by atoms with Crippen LogP contribution in [-0.2, 0) is 4.79 Å². The summed E-state index contributed by atoms with van der Waals surface area (Å²) >= 11 is 0. The van der Waals surface area contributed by atoms with Crippen LogP contribution >= 0.6 is 0 Å². The smallest absolute Gasteiger partial charge is 0.231 e. The second kappa shape index (κ2) is 7.53. The molecule has 0 bridgehead atoms. The second-order valence-corrected chi connectivity index (χ2v) is 7.44. The minimum absolute atomic E-state index is 0.145. The van der Waals surface area contributed by atoms with Crippen molar-refractivity contribution in [1.29, 1.82) is 0 Å². The molecule has 1 fully saturated rings. The third kappa shape index (κ3) is 3.60. The van der Waals surface area contributed by atoms with Crippen molar-refractivity contribution in [2.75, 3.05) is 19.6 Å². The van der Waals surface area contributed by atoms with Gasteiger partial charge in [0.05, 0.1) is 17.0 Å². The summed E-state index contributed by atoms with van der Waals surface area (Å²) in [6.07, 6.45) is 1.85. The number of para-hydroxylation sites is 2. The summed E-state index contributed by atoms with van der Waals surface area (Å²) in [6.45, 7) is 3.89. The van der Waals surface area contributed by atoms with Crippen molar-refractivity contribution in [3.05, 3.63) is 65.5 Å². The number of fused-ring (bicyclic) bond motifs is 1. The molecule has 3 aromatic rings. The molecule has 1 aliphatic heterocycles. The standard InChI is InChI=1S/C22H26N4O/c1-15-5-4-6-17(13-15)18(14-23)22(27)26-11-9-16(10-12-26)21-24-19-7-2-3-8-20(19)25-21/h2-8,13,16,18H,9-12,14,23H2,1H3,(H,24,25). The highest BCUT2D eigenvalue weighted by molar-refractivity contribution is 5.84. The average Bonchev–Trinajstić information content (AvgIpc) is 3.13. The van der Waals surface area contributed by atoms with E-state index in [0.717, 1.165) is 53.9 Å². The van der Waals surface area contributed by atoms with Crippen molar-refractivity contribution in [1.82, 2.24) is 14.9 Å². The molecule has 0 spiro atoms. The molecule has 5 nitrogen and oxygen atoms in total. The molecule has 3 N–H and O–H groups in total. The van der Waals surface area contributed by atoms with E-state index in [0.29, 0.717) is 12.5 Å². The van der Waals surface area contributed by atoms with Crippen molar-refractivity contribution >= 4 is 16.9 Å². The maximum absolute atomic E-state index is 13.0. The van der Waals surface area contributed by atoms with Gasteiger partial charge in [0, 0.05) is 25.6 Å². The van der Waals surface area contributed by atoms with Gasteiger partial charge in [0.1, 0.15) is 5.82 Å². The van der Waals surface area contributed by atoms with E-state index in [9.17, 15) is 4.79 Å². The third-order valence-electron chi connectivity index (χ3n) is 5.58. The molecule has 1 unspecified atom stereocenters. The minimum atomic E-state index is -0.257.